The highest BCUT2D eigenvalue weighted by atomic mass is 19.1. The van der Waals surface area contributed by atoms with Gasteiger partial charge in [-0.3, -0.25) is 4.79 Å². The minimum atomic E-state index is -0.253. The maximum atomic E-state index is 13.6. The maximum absolute atomic E-state index is 13.6. The molecule has 0 aliphatic heterocycles. The lowest BCUT2D eigenvalue weighted by Gasteiger charge is -2.22. The number of hydrogen-bond donors (Lipinski definition) is 2. The molecule has 0 saturated carbocycles. The van der Waals surface area contributed by atoms with Crippen LogP contribution < -0.4 is 10.1 Å². The van der Waals surface area contributed by atoms with Crippen LogP contribution in [0.4, 0.5) is 10.1 Å². The maximum Gasteiger partial charge on any atom is 0.227 e. The minimum absolute atomic E-state index is 0.00958. The van der Waals surface area contributed by atoms with E-state index in [9.17, 15) is 9.18 Å². The molecule has 1 heterocycles. The summed E-state index contributed by atoms with van der Waals surface area (Å²) in [4.78, 5) is 16.0. The summed E-state index contributed by atoms with van der Waals surface area (Å²) < 4.78 is 18.8. The van der Waals surface area contributed by atoms with Crippen LogP contribution in [0, 0.1) is 11.7 Å². The molecule has 1 aliphatic carbocycles. The zero-order chi connectivity index (χ0) is 17.4. The molecule has 1 atom stereocenters. The molecule has 2 aromatic carbocycles. The number of ether oxygens (including phenoxy) is 1. The van der Waals surface area contributed by atoms with Gasteiger partial charge in [-0.1, -0.05) is 6.07 Å². The second-order valence-electron chi connectivity index (χ2n) is 6.43. The van der Waals surface area contributed by atoms with Crippen LogP contribution in [0.5, 0.6) is 5.75 Å². The number of H-pyrrole nitrogens is 1. The van der Waals surface area contributed by atoms with E-state index in [-0.39, 0.29) is 17.6 Å². The summed E-state index contributed by atoms with van der Waals surface area (Å²) in [5, 5.41) is 3.85. The van der Waals surface area contributed by atoms with Crippen molar-refractivity contribution in [3.05, 3.63) is 59.5 Å². The van der Waals surface area contributed by atoms with Gasteiger partial charge in [-0.2, -0.15) is 0 Å². The Hall–Kier alpha value is -2.82. The van der Waals surface area contributed by atoms with E-state index in [4.69, 9.17) is 4.74 Å². The summed E-state index contributed by atoms with van der Waals surface area (Å²) in [6, 6.07) is 12.1. The summed E-state index contributed by atoms with van der Waals surface area (Å²) in [6.07, 6.45) is 2.19. The first-order chi connectivity index (χ1) is 12.1. The number of carbonyl (C=O) groups is 1. The Labute approximate surface area is 145 Å². The first-order valence-electron chi connectivity index (χ1n) is 8.38. The first-order valence-corrected chi connectivity index (χ1v) is 8.38. The fourth-order valence-electron chi connectivity index (χ4n) is 3.56. The van der Waals surface area contributed by atoms with Crippen molar-refractivity contribution in [3.63, 3.8) is 0 Å². The number of rotatable bonds is 3. The number of amides is 1. The SMILES string of the molecule is COc1cccc(NC(=O)C2CCc3[nH]c4ccc(F)cc4c3C2)c1. The van der Waals surface area contributed by atoms with Crippen molar-refractivity contribution in [2.24, 2.45) is 5.92 Å². The van der Waals surface area contributed by atoms with Crippen molar-refractivity contribution >= 4 is 22.5 Å². The van der Waals surface area contributed by atoms with E-state index in [1.807, 2.05) is 18.2 Å². The third-order valence-electron chi connectivity index (χ3n) is 4.86. The van der Waals surface area contributed by atoms with Gasteiger partial charge in [0.15, 0.2) is 0 Å². The van der Waals surface area contributed by atoms with Crippen LogP contribution in [-0.2, 0) is 17.6 Å². The molecule has 1 aliphatic rings. The van der Waals surface area contributed by atoms with Gasteiger partial charge in [-0.05, 0) is 55.2 Å². The lowest BCUT2D eigenvalue weighted by molar-refractivity contribution is -0.120. The molecule has 25 heavy (non-hydrogen) atoms. The normalized spacial score (nSPS) is 16.5. The molecule has 0 saturated heterocycles. The Morgan fingerprint density at radius 3 is 3.00 bits per heavy atom. The van der Waals surface area contributed by atoms with Gasteiger partial charge in [0.1, 0.15) is 11.6 Å². The topological polar surface area (TPSA) is 54.1 Å². The third kappa shape index (κ3) is 2.97. The average Bonchev–Trinajstić information content (AvgIpc) is 2.99. The van der Waals surface area contributed by atoms with Gasteiger partial charge < -0.3 is 15.0 Å². The molecule has 1 amide bonds. The lowest BCUT2D eigenvalue weighted by atomic mass is 9.85. The van der Waals surface area contributed by atoms with Crippen LogP contribution in [0.1, 0.15) is 17.7 Å². The molecule has 4 rings (SSSR count). The van der Waals surface area contributed by atoms with Gasteiger partial charge in [0, 0.05) is 34.3 Å². The van der Waals surface area contributed by atoms with Crippen molar-refractivity contribution in [1.29, 1.82) is 0 Å². The number of halogens is 1. The number of aromatic amines is 1. The van der Waals surface area contributed by atoms with Gasteiger partial charge in [0.25, 0.3) is 0 Å². The summed E-state index contributed by atoms with van der Waals surface area (Å²) in [6.45, 7) is 0. The van der Waals surface area contributed by atoms with E-state index in [1.54, 1.807) is 25.3 Å². The Balaban J connectivity index is 1.56. The number of hydrogen-bond acceptors (Lipinski definition) is 2. The fourth-order valence-corrected chi connectivity index (χ4v) is 3.56. The van der Waals surface area contributed by atoms with Crippen molar-refractivity contribution < 1.29 is 13.9 Å². The summed E-state index contributed by atoms with van der Waals surface area (Å²) in [7, 11) is 1.60. The van der Waals surface area contributed by atoms with E-state index < -0.39 is 0 Å². The van der Waals surface area contributed by atoms with Crippen LogP contribution in [0.3, 0.4) is 0 Å². The Kier molecular flexibility index (Phi) is 3.92. The molecule has 0 fully saturated rings. The number of aryl methyl sites for hydroxylation is 1. The van der Waals surface area contributed by atoms with Gasteiger partial charge in [-0.25, -0.2) is 4.39 Å². The van der Waals surface area contributed by atoms with E-state index in [0.717, 1.165) is 40.7 Å². The number of carbonyl (C=O) groups excluding carboxylic acids is 1. The van der Waals surface area contributed by atoms with E-state index in [1.165, 1.54) is 6.07 Å². The van der Waals surface area contributed by atoms with Gasteiger partial charge in [0.2, 0.25) is 5.91 Å². The molecule has 0 bridgehead atoms. The smallest absolute Gasteiger partial charge is 0.227 e. The number of aromatic nitrogens is 1. The summed E-state index contributed by atoms with van der Waals surface area (Å²) in [5.74, 6) is 0.318. The van der Waals surface area contributed by atoms with E-state index in [0.29, 0.717) is 12.2 Å². The van der Waals surface area contributed by atoms with Crippen molar-refractivity contribution in [2.75, 3.05) is 12.4 Å². The summed E-state index contributed by atoms with van der Waals surface area (Å²) in [5.41, 5.74) is 3.83. The highest BCUT2D eigenvalue weighted by Gasteiger charge is 2.27. The predicted octanol–water partition coefficient (Wildman–Crippen LogP) is 4.06. The number of benzene rings is 2. The Bertz CT molecular complexity index is 948. The van der Waals surface area contributed by atoms with Crippen LogP contribution in [0.15, 0.2) is 42.5 Å². The molecule has 5 heteroatoms. The lowest BCUT2D eigenvalue weighted by Crippen LogP contribution is -2.28. The average molecular weight is 338 g/mol. The molecule has 1 aromatic heterocycles. The highest BCUT2D eigenvalue weighted by molar-refractivity contribution is 5.94. The molecule has 0 spiro atoms. The molecular formula is C20H19FN2O2. The van der Waals surface area contributed by atoms with Gasteiger partial charge in [0.05, 0.1) is 7.11 Å². The molecule has 0 radical (unpaired) electrons. The second kappa shape index (κ2) is 6.24. The molecule has 2 N–H and O–H groups in total. The molecule has 3 aromatic rings. The zero-order valence-electron chi connectivity index (χ0n) is 13.9. The van der Waals surface area contributed by atoms with Crippen LogP contribution in [0.2, 0.25) is 0 Å². The number of fused-ring (bicyclic) bond motifs is 3. The Morgan fingerprint density at radius 1 is 1.28 bits per heavy atom. The van der Waals surface area contributed by atoms with Crippen LogP contribution in [0.25, 0.3) is 10.9 Å². The molecule has 1 unspecified atom stereocenters. The first kappa shape index (κ1) is 15.7. The molecular weight excluding hydrogens is 319 g/mol. The highest BCUT2D eigenvalue weighted by Crippen LogP contribution is 2.33. The zero-order valence-corrected chi connectivity index (χ0v) is 13.9. The van der Waals surface area contributed by atoms with Crippen molar-refractivity contribution in [3.8, 4) is 5.75 Å². The largest absolute Gasteiger partial charge is 0.497 e. The summed E-state index contributed by atoms with van der Waals surface area (Å²) >= 11 is 0. The van der Waals surface area contributed by atoms with Crippen LogP contribution >= 0.6 is 0 Å². The monoisotopic (exact) mass is 338 g/mol. The van der Waals surface area contributed by atoms with Crippen molar-refractivity contribution in [1.82, 2.24) is 4.98 Å². The predicted molar refractivity (Wildman–Crippen MR) is 95.4 cm³/mol. The Morgan fingerprint density at radius 2 is 2.16 bits per heavy atom. The third-order valence-corrected chi connectivity index (χ3v) is 4.86. The molecule has 128 valence electrons. The van der Waals surface area contributed by atoms with Crippen molar-refractivity contribution in [2.45, 2.75) is 19.3 Å². The fraction of sp³-hybridized carbons (Fsp3) is 0.250. The van der Waals surface area contributed by atoms with Gasteiger partial charge >= 0.3 is 0 Å². The number of anilines is 1. The number of methoxy groups -OCH3 is 1. The second-order valence-corrected chi connectivity index (χ2v) is 6.43. The minimum Gasteiger partial charge on any atom is -0.497 e. The van der Waals surface area contributed by atoms with Crippen LogP contribution in [-0.4, -0.2) is 18.0 Å². The number of nitrogens with one attached hydrogen (secondary N) is 2. The standard InChI is InChI=1S/C20H19FN2O2/c1-25-15-4-2-3-14(11-15)22-20(24)12-5-7-18-16(9-12)17-10-13(21)6-8-19(17)23-18/h2-4,6,8,10-12,23H,5,7,9H2,1H3,(H,22,24). The van der Waals surface area contributed by atoms with E-state index in [2.05, 4.69) is 10.3 Å². The van der Waals surface area contributed by atoms with E-state index >= 15 is 0 Å². The molecule has 4 nitrogen and oxygen atoms in total. The van der Waals surface area contributed by atoms with Gasteiger partial charge in [-0.15, -0.1) is 0 Å². The quantitative estimate of drug-likeness (QED) is 0.757.